The van der Waals surface area contributed by atoms with Gasteiger partial charge in [-0.25, -0.2) is 14.0 Å². The van der Waals surface area contributed by atoms with Crippen LogP contribution in [-0.4, -0.2) is 21.0 Å². The van der Waals surface area contributed by atoms with Crippen LogP contribution in [0.5, 0.6) is 0 Å². The molecule has 0 radical (unpaired) electrons. The average Bonchev–Trinajstić information content (AvgIpc) is 3.14. The Bertz CT molecular complexity index is 815. The summed E-state index contributed by atoms with van der Waals surface area (Å²) in [5, 5.41) is 14.2. The standard InChI is InChI=1S/C14H12FN5OS.BrH/c1-8(13-9(2)19-21-20-13)17-18-14-16-12(7-22-14)10-3-5-11(15)6-4-10;/h3-7H,1-2H3,(H,16,18);1H/b17-8+;. The van der Waals surface area contributed by atoms with E-state index in [1.807, 2.05) is 5.38 Å². The Balaban J connectivity index is 0.00000192. The number of hydrogen-bond donors (Lipinski definition) is 1. The van der Waals surface area contributed by atoms with E-state index in [4.69, 9.17) is 0 Å². The molecular weight excluding hydrogens is 385 g/mol. The first kappa shape index (κ1) is 17.2. The molecule has 1 N–H and O–H groups in total. The monoisotopic (exact) mass is 397 g/mol. The first-order chi connectivity index (χ1) is 10.6. The minimum Gasteiger partial charge on any atom is -0.252 e. The minimum atomic E-state index is -0.269. The van der Waals surface area contributed by atoms with Crippen molar-refractivity contribution >= 4 is 39.2 Å². The van der Waals surface area contributed by atoms with E-state index in [2.05, 4.69) is 30.5 Å². The summed E-state index contributed by atoms with van der Waals surface area (Å²) in [6.07, 6.45) is 0. The molecule has 0 aliphatic carbocycles. The largest absolute Gasteiger partial charge is 0.252 e. The second kappa shape index (κ2) is 7.42. The third kappa shape index (κ3) is 3.99. The summed E-state index contributed by atoms with van der Waals surface area (Å²) in [5.74, 6) is -0.269. The van der Waals surface area contributed by atoms with Gasteiger partial charge in [0.15, 0.2) is 5.69 Å². The Kier molecular flexibility index (Phi) is 5.56. The van der Waals surface area contributed by atoms with Crippen molar-refractivity contribution in [1.82, 2.24) is 15.3 Å². The molecule has 0 aliphatic heterocycles. The zero-order chi connectivity index (χ0) is 15.5. The summed E-state index contributed by atoms with van der Waals surface area (Å²) in [6, 6.07) is 6.19. The van der Waals surface area contributed by atoms with Crippen LogP contribution in [0.4, 0.5) is 9.52 Å². The molecule has 9 heteroatoms. The highest BCUT2D eigenvalue weighted by atomic mass is 79.9. The Labute approximate surface area is 146 Å². The molecule has 120 valence electrons. The Morgan fingerprint density at radius 3 is 2.65 bits per heavy atom. The molecule has 2 aromatic heterocycles. The van der Waals surface area contributed by atoms with Crippen LogP contribution in [0.3, 0.4) is 0 Å². The van der Waals surface area contributed by atoms with Crippen LogP contribution in [-0.2, 0) is 0 Å². The van der Waals surface area contributed by atoms with Crippen molar-refractivity contribution in [3.8, 4) is 11.3 Å². The van der Waals surface area contributed by atoms with Crippen molar-refractivity contribution in [3.05, 3.63) is 46.9 Å². The first-order valence-electron chi connectivity index (χ1n) is 6.45. The van der Waals surface area contributed by atoms with Crippen LogP contribution >= 0.6 is 28.3 Å². The lowest BCUT2D eigenvalue weighted by atomic mass is 10.2. The van der Waals surface area contributed by atoms with Gasteiger partial charge in [-0.2, -0.15) is 5.10 Å². The fourth-order valence-electron chi connectivity index (χ4n) is 1.82. The molecule has 0 unspecified atom stereocenters. The summed E-state index contributed by atoms with van der Waals surface area (Å²) in [5.41, 5.74) is 6.41. The zero-order valence-electron chi connectivity index (χ0n) is 12.3. The van der Waals surface area contributed by atoms with Gasteiger partial charge in [0.05, 0.1) is 11.4 Å². The molecule has 3 aromatic rings. The van der Waals surface area contributed by atoms with E-state index >= 15 is 0 Å². The lowest BCUT2D eigenvalue weighted by Crippen LogP contribution is -2.01. The van der Waals surface area contributed by atoms with Gasteiger partial charge in [0.25, 0.3) is 0 Å². The summed E-state index contributed by atoms with van der Waals surface area (Å²) in [6.45, 7) is 3.59. The summed E-state index contributed by atoms with van der Waals surface area (Å²) in [7, 11) is 0. The van der Waals surface area contributed by atoms with Gasteiger partial charge in [0, 0.05) is 10.9 Å². The Hall–Kier alpha value is -2.13. The molecule has 0 spiro atoms. The van der Waals surface area contributed by atoms with Crippen LogP contribution in [0.25, 0.3) is 11.3 Å². The number of anilines is 1. The number of hydrogen-bond acceptors (Lipinski definition) is 7. The van der Waals surface area contributed by atoms with Crippen molar-refractivity contribution in [2.75, 3.05) is 5.43 Å². The maximum atomic E-state index is 12.9. The molecule has 0 atom stereocenters. The number of aromatic nitrogens is 3. The van der Waals surface area contributed by atoms with Crippen molar-refractivity contribution in [2.45, 2.75) is 13.8 Å². The topological polar surface area (TPSA) is 76.2 Å². The number of halogens is 2. The van der Waals surface area contributed by atoms with Crippen molar-refractivity contribution < 1.29 is 9.02 Å². The minimum absolute atomic E-state index is 0. The van der Waals surface area contributed by atoms with Crippen LogP contribution < -0.4 is 5.43 Å². The van der Waals surface area contributed by atoms with Crippen molar-refractivity contribution in [2.24, 2.45) is 5.10 Å². The third-order valence-corrected chi connectivity index (χ3v) is 3.71. The number of aryl methyl sites for hydroxylation is 1. The van der Waals surface area contributed by atoms with Crippen molar-refractivity contribution in [3.63, 3.8) is 0 Å². The lowest BCUT2D eigenvalue weighted by Gasteiger charge is -1.98. The highest BCUT2D eigenvalue weighted by Gasteiger charge is 2.09. The molecule has 3 rings (SSSR count). The number of thiazole rings is 1. The van der Waals surface area contributed by atoms with Crippen LogP contribution in [0.15, 0.2) is 39.4 Å². The van der Waals surface area contributed by atoms with Gasteiger partial charge >= 0.3 is 0 Å². The number of nitrogens with zero attached hydrogens (tertiary/aromatic N) is 4. The third-order valence-electron chi connectivity index (χ3n) is 2.96. The van der Waals surface area contributed by atoms with Crippen LogP contribution in [0.1, 0.15) is 18.3 Å². The molecule has 2 heterocycles. The summed E-state index contributed by atoms with van der Waals surface area (Å²) < 4.78 is 17.6. The van der Waals surface area contributed by atoms with Crippen LogP contribution in [0.2, 0.25) is 0 Å². The maximum absolute atomic E-state index is 12.9. The van der Waals surface area contributed by atoms with Crippen LogP contribution in [0, 0.1) is 12.7 Å². The van der Waals surface area contributed by atoms with E-state index in [0.717, 1.165) is 11.3 Å². The number of benzene rings is 1. The predicted molar refractivity (Wildman–Crippen MR) is 92.7 cm³/mol. The van der Waals surface area contributed by atoms with E-state index < -0.39 is 0 Å². The summed E-state index contributed by atoms with van der Waals surface area (Å²) in [4.78, 5) is 4.40. The fourth-order valence-corrected chi connectivity index (χ4v) is 2.48. The van der Waals surface area contributed by atoms with Gasteiger partial charge in [0.1, 0.15) is 11.5 Å². The lowest BCUT2D eigenvalue weighted by molar-refractivity contribution is 0.304. The smallest absolute Gasteiger partial charge is 0.203 e. The average molecular weight is 398 g/mol. The number of nitrogens with one attached hydrogen (secondary N) is 1. The molecule has 0 bridgehead atoms. The first-order valence-corrected chi connectivity index (χ1v) is 7.33. The highest BCUT2D eigenvalue weighted by Crippen LogP contribution is 2.25. The molecule has 0 fully saturated rings. The summed E-state index contributed by atoms with van der Waals surface area (Å²) >= 11 is 1.41. The zero-order valence-corrected chi connectivity index (χ0v) is 14.8. The number of hydrazone groups is 1. The Morgan fingerprint density at radius 1 is 1.26 bits per heavy atom. The highest BCUT2D eigenvalue weighted by molar-refractivity contribution is 8.93. The van der Waals surface area contributed by atoms with Gasteiger partial charge in [-0.15, -0.1) is 28.3 Å². The molecule has 1 aromatic carbocycles. The predicted octanol–water partition coefficient (Wildman–Crippen LogP) is 4.05. The van der Waals surface area contributed by atoms with Crippen molar-refractivity contribution in [1.29, 1.82) is 0 Å². The quantitative estimate of drug-likeness (QED) is 0.530. The van der Waals surface area contributed by atoms with Gasteiger partial charge in [0.2, 0.25) is 5.13 Å². The second-order valence-corrected chi connectivity index (χ2v) is 5.41. The van der Waals surface area contributed by atoms with E-state index in [9.17, 15) is 4.39 Å². The molecule has 23 heavy (non-hydrogen) atoms. The molecule has 0 saturated carbocycles. The van der Waals surface area contributed by atoms with Gasteiger partial charge in [-0.1, -0.05) is 5.16 Å². The number of rotatable bonds is 4. The Morgan fingerprint density at radius 2 is 2.00 bits per heavy atom. The SMILES string of the molecule is Br.C/C(=N\Nc1nc(-c2ccc(F)cc2)cs1)c1nonc1C. The van der Waals surface area contributed by atoms with E-state index in [1.165, 1.54) is 23.5 Å². The second-order valence-electron chi connectivity index (χ2n) is 4.55. The fraction of sp³-hybridized carbons (Fsp3) is 0.143. The molecule has 0 amide bonds. The van der Waals surface area contributed by atoms with E-state index in [1.54, 1.807) is 26.0 Å². The van der Waals surface area contributed by atoms with Gasteiger partial charge < -0.3 is 0 Å². The molecule has 6 nitrogen and oxygen atoms in total. The van der Waals surface area contributed by atoms with E-state index in [-0.39, 0.29) is 22.8 Å². The molecule has 0 aliphatic rings. The normalized spacial score (nSPS) is 11.2. The van der Waals surface area contributed by atoms with Gasteiger partial charge in [-0.05, 0) is 43.3 Å². The van der Waals surface area contributed by atoms with E-state index in [0.29, 0.717) is 22.2 Å². The molecular formula is C14H13BrFN5OS. The molecule has 0 saturated heterocycles. The van der Waals surface area contributed by atoms with Gasteiger partial charge in [-0.3, -0.25) is 5.43 Å². The maximum Gasteiger partial charge on any atom is 0.203 e.